The third-order valence-corrected chi connectivity index (χ3v) is 3.77. The van der Waals surface area contributed by atoms with E-state index in [0.717, 1.165) is 11.1 Å². The summed E-state index contributed by atoms with van der Waals surface area (Å²) < 4.78 is 0. The maximum Gasteiger partial charge on any atom is 0.277 e. The Morgan fingerprint density at radius 3 is 2.65 bits per heavy atom. The van der Waals surface area contributed by atoms with Gasteiger partial charge in [0.15, 0.2) is 0 Å². The first-order valence-electron chi connectivity index (χ1n) is 7.36. The van der Waals surface area contributed by atoms with Crippen LogP contribution < -0.4 is 4.90 Å². The molecule has 0 saturated carbocycles. The molecule has 0 atom stereocenters. The second-order valence-corrected chi connectivity index (χ2v) is 5.95. The van der Waals surface area contributed by atoms with Crippen molar-refractivity contribution in [3.8, 4) is 0 Å². The molecule has 4 nitrogen and oxygen atoms in total. The number of rotatable bonds is 3. The summed E-state index contributed by atoms with van der Waals surface area (Å²) in [6.07, 6.45) is 3.36. The molecule has 5 heteroatoms. The Labute approximate surface area is 139 Å². The van der Waals surface area contributed by atoms with Crippen LogP contribution in [0.5, 0.6) is 0 Å². The van der Waals surface area contributed by atoms with Gasteiger partial charge in [-0.2, -0.15) is 0 Å². The maximum absolute atomic E-state index is 12.9. The first-order valence-corrected chi connectivity index (χ1v) is 7.74. The molecule has 0 bridgehead atoms. The van der Waals surface area contributed by atoms with E-state index in [1.807, 2.05) is 44.2 Å². The minimum Gasteiger partial charge on any atom is -0.303 e. The summed E-state index contributed by atoms with van der Waals surface area (Å²) in [6, 6.07) is 12.7. The summed E-state index contributed by atoms with van der Waals surface area (Å²) in [7, 11) is 0. The third kappa shape index (κ3) is 3.17. The number of pyridine rings is 2. The Morgan fingerprint density at radius 1 is 1.17 bits per heavy atom. The van der Waals surface area contributed by atoms with Gasteiger partial charge in [0.2, 0.25) is 0 Å². The van der Waals surface area contributed by atoms with Crippen molar-refractivity contribution in [1.82, 2.24) is 9.97 Å². The van der Waals surface area contributed by atoms with Gasteiger partial charge in [-0.1, -0.05) is 23.7 Å². The molecule has 116 valence electrons. The van der Waals surface area contributed by atoms with Gasteiger partial charge in [-0.3, -0.25) is 9.78 Å². The Balaban J connectivity index is 2.03. The molecule has 2 heterocycles. The van der Waals surface area contributed by atoms with E-state index in [-0.39, 0.29) is 11.9 Å². The fourth-order valence-electron chi connectivity index (χ4n) is 2.48. The quantitative estimate of drug-likeness (QED) is 0.719. The highest BCUT2D eigenvalue weighted by atomic mass is 35.5. The van der Waals surface area contributed by atoms with Crippen LogP contribution in [0, 0.1) is 0 Å². The number of anilines is 1. The minimum absolute atomic E-state index is 0.0106. The minimum atomic E-state index is -0.158. The average molecular weight is 326 g/mol. The first-order chi connectivity index (χ1) is 11.1. The molecular formula is C18H16ClN3O. The van der Waals surface area contributed by atoms with E-state index in [1.54, 1.807) is 29.4 Å². The van der Waals surface area contributed by atoms with E-state index in [4.69, 9.17) is 11.6 Å². The fourth-order valence-corrected chi connectivity index (χ4v) is 2.65. The van der Waals surface area contributed by atoms with Crippen LogP contribution in [0.15, 0.2) is 54.9 Å². The lowest BCUT2D eigenvalue weighted by molar-refractivity contribution is 0.0975. The lowest BCUT2D eigenvalue weighted by Gasteiger charge is -2.26. The number of halogens is 1. The topological polar surface area (TPSA) is 46.1 Å². The van der Waals surface area contributed by atoms with Crippen molar-refractivity contribution >= 4 is 34.1 Å². The van der Waals surface area contributed by atoms with Crippen LogP contribution in [0.4, 0.5) is 5.69 Å². The van der Waals surface area contributed by atoms with Gasteiger partial charge in [0.1, 0.15) is 5.69 Å². The van der Waals surface area contributed by atoms with Crippen molar-refractivity contribution in [2.75, 3.05) is 4.90 Å². The monoisotopic (exact) mass is 325 g/mol. The number of benzene rings is 1. The highest BCUT2D eigenvalue weighted by molar-refractivity contribution is 6.31. The summed E-state index contributed by atoms with van der Waals surface area (Å²) in [5.74, 6) is -0.158. The van der Waals surface area contributed by atoms with Crippen molar-refractivity contribution in [2.45, 2.75) is 19.9 Å². The molecule has 0 N–H and O–H groups in total. The van der Waals surface area contributed by atoms with Crippen LogP contribution in [0.2, 0.25) is 5.02 Å². The molecule has 3 aromatic rings. The largest absolute Gasteiger partial charge is 0.303 e. The number of aromatic nitrogens is 2. The van der Waals surface area contributed by atoms with Gasteiger partial charge in [0, 0.05) is 22.6 Å². The molecule has 0 spiro atoms. The van der Waals surface area contributed by atoms with Gasteiger partial charge in [-0.15, -0.1) is 0 Å². The van der Waals surface area contributed by atoms with E-state index < -0.39 is 0 Å². The Hall–Kier alpha value is -2.46. The van der Waals surface area contributed by atoms with Crippen LogP contribution >= 0.6 is 11.6 Å². The van der Waals surface area contributed by atoms with Crippen molar-refractivity contribution in [1.29, 1.82) is 0 Å². The second-order valence-electron chi connectivity index (χ2n) is 5.51. The average Bonchev–Trinajstić information content (AvgIpc) is 2.55. The summed E-state index contributed by atoms with van der Waals surface area (Å²) in [5.41, 5.74) is 1.84. The molecular weight excluding hydrogens is 310 g/mol. The van der Waals surface area contributed by atoms with Gasteiger partial charge in [-0.05, 0) is 44.2 Å². The number of hydrogen-bond acceptors (Lipinski definition) is 3. The zero-order valence-electron chi connectivity index (χ0n) is 12.9. The molecule has 0 aliphatic rings. The molecule has 2 aromatic heterocycles. The fraction of sp³-hybridized carbons (Fsp3) is 0.167. The molecule has 0 saturated heterocycles. The van der Waals surface area contributed by atoms with Crippen molar-refractivity contribution < 1.29 is 4.79 Å². The molecule has 0 unspecified atom stereocenters. The Morgan fingerprint density at radius 2 is 1.96 bits per heavy atom. The van der Waals surface area contributed by atoms with Crippen LogP contribution in [0.25, 0.3) is 10.9 Å². The van der Waals surface area contributed by atoms with Crippen molar-refractivity contribution in [3.63, 3.8) is 0 Å². The zero-order valence-corrected chi connectivity index (χ0v) is 13.7. The Bertz CT molecular complexity index is 849. The van der Waals surface area contributed by atoms with E-state index in [1.165, 1.54) is 0 Å². The molecule has 1 aromatic carbocycles. The number of nitrogens with zero attached hydrogens (tertiary/aromatic N) is 3. The van der Waals surface area contributed by atoms with E-state index in [9.17, 15) is 4.79 Å². The van der Waals surface area contributed by atoms with Crippen LogP contribution in [-0.2, 0) is 0 Å². The highest BCUT2D eigenvalue weighted by Crippen LogP contribution is 2.21. The van der Waals surface area contributed by atoms with E-state index in [2.05, 4.69) is 9.97 Å². The number of carbonyl (C=O) groups is 1. The molecule has 0 fully saturated rings. The summed E-state index contributed by atoms with van der Waals surface area (Å²) in [5, 5.41) is 1.55. The van der Waals surface area contributed by atoms with E-state index in [0.29, 0.717) is 16.2 Å². The van der Waals surface area contributed by atoms with Crippen molar-refractivity contribution in [2.24, 2.45) is 0 Å². The van der Waals surface area contributed by atoms with Gasteiger partial charge < -0.3 is 4.90 Å². The predicted molar refractivity (Wildman–Crippen MR) is 92.9 cm³/mol. The SMILES string of the molecule is CC(C)N(C(=O)c1ccc2ccc(Cl)cc2n1)c1cccnc1. The number of fused-ring (bicyclic) bond motifs is 1. The number of amides is 1. The van der Waals surface area contributed by atoms with Gasteiger partial charge >= 0.3 is 0 Å². The summed E-state index contributed by atoms with van der Waals surface area (Å²) in [6.45, 7) is 3.92. The highest BCUT2D eigenvalue weighted by Gasteiger charge is 2.22. The van der Waals surface area contributed by atoms with E-state index >= 15 is 0 Å². The lowest BCUT2D eigenvalue weighted by Crippen LogP contribution is -2.37. The number of hydrogen-bond donors (Lipinski definition) is 0. The van der Waals surface area contributed by atoms with Gasteiger partial charge in [0.25, 0.3) is 5.91 Å². The van der Waals surface area contributed by atoms with Crippen LogP contribution in [0.3, 0.4) is 0 Å². The molecule has 23 heavy (non-hydrogen) atoms. The van der Waals surface area contributed by atoms with Gasteiger partial charge in [-0.25, -0.2) is 4.98 Å². The zero-order chi connectivity index (χ0) is 16.4. The second kappa shape index (κ2) is 6.34. The Kier molecular flexibility index (Phi) is 4.26. The molecule has 0 radical (unpaired) electrons. The van der Waals surface area contributed by atoms with Crippen LogP contribution in [0.1, 0.15) is 24.3 Å². The molecule has 0 aliphatic heterocycles. The first kappa shape index (κ1) is 15.4. The maximum atomic E-state index is 12.9. The molecule has 1 amide bonds. The third-order valence-electron chi connectivity index (χ3n) is 3.53. The van der Waals surface area contributed by atoms with Crippen molar-refractivity contribution in [3.05, 3.63) is 65.6 Å². The normalized spacial score (nSPS) is 11.0. The summed E-state index contributed by atoms with van der Waals surface area (Å²) >= 11 is 6.02. The van der Waals surface area contributed by atoms with Crippen LogP contribution in [-0.4, -0.2) is 21.9 Å². The molecule has 3 rings (SSSR count). The van der Waals surface area contributed by atoms with Gasteiger partial charge in [0.05, 0.1) is 17.4 Å². The standard InChI is InChI=1S/C18H16ClN3O/c1-12(2)22(15-4-3-9-20-11-15)18(23)16-8-6-13-5-7-14(19)10-17(13)21-16/h3-12H,1-2H3. The molecule has 0 aliphatic carbocycles. The summed E-state index contributed by atoms with van der Waals surface area (Å²) in [4.78, 5) is 23.2. The predicted octanol–water partition coefficient (Wildman–Crippen LogP) is 4.34. The lowest BCUT2D eigenvalue weighted by atomic mass is 10.1. The number of carbonyl (C=O) groups excluding carboxylic acids is 1. The smallest absolute Gasteiger partial charge is 0.277 e.